The zero-order valence-electron chi connectivity index (χ0n) is 11.3. The molecule has 0 heterocycles. The largest absolute Gasteiger partial charge is 0.448 e. The second kappa shape index (κ2) is 5.15. The Bertz CT molecular complexity index is 606. The van der Waals surface area contributed by atoms with Gasteiger partial charge in [-0.15, -0.1) is 0 Å². The van der Waals surface area contributed by atoms with Crippen LogP contribution in [0.5, 0.6) is 0 Å². The maximum Gasteiger partial charge on any atom is 0.448 e. The third-order valence-electron chi connectivity index (χ3n) is 3.29. The van der Waals surface area contributed by atoms with Crippen LogP contribution >= 0.6 is 0 Å². The van der Waals surface area contributed by atoms with Gasteiger partial charge in [0.2, 0.25) is 5.83 Å². The van der Waals surface area contributed by atoms with Crippen LogP contribution in [-0.2, 0) is 9.53 Å². The lowest BCUT2D eigenvalue weighted by Crippen LogP contribution is -2.87. The first-order chi connectivity index (χ1) is 11.1. The number of hydrogen-bond acceptors (Lipinski definition) is 2. The van der Waals surface area contributed by atoms with E-state index in [0.717, 1.165) is 0 Å². The fraction of sp³-hybridized carbons (Fsp3) is 0.700. The van der Waals surface area contributed by atoms with E-state index in [4.69, 9.17) is 0 Å². The summed E-state index contributed by atoms with van der Waals surface area (Å²) in [5.74, 6) is -45.3. The van der Waals surface area contributed by atoms with Crippen molar-refractivity contribution in [1.82, 2.24) is 0 Å². The number of ether oxygens (including phenoxy) is 1. The summed E-state index contributed by atoms with van der Waals surface area (Å²) in [6.45, 7) is 1.87. The highest BCUT2D eigenvalue weighted by Gasteiger charge is 3.06. The van der Waals surface area contributed by atoms with Gasteiger partial charge in [-0.1, -0.05) is 6.58 Å². The van der Waals surface area contributed by atoms with Crippen molar-refractivity contribution in [3.8, 4) is 0 Å². The van der Waals surface area contributed by atoms with Crippen molar-refractivity contribution in [3.05, 3.63) is 12.4 Å². The van der Waals surface area contributed by atoms with Gasteiger partial charge in [-0.2, -0.15) is 57.1 Å². The van der Waals surface area contributed by atoms with E-state index in [9.17, 15) is 66.3 Å². The Morgan fingerprint density at radius 2 is 0.962 bits per heavy atom. The molecule has 1 saturated carbocycles. The maximum atomic E-state index is 13.9. The number of hydrogen-bond donors (Lipinski definition) is 0. The molecule has 2 nitrogen and oxygen atoms in total. The molecule has 0 N–H and O–H groups in total. The molecular weight excluding hydrogens is 418 g/mol. The summed E-state index contributed by atoms with van der Waals surface area (Å²) < 4.78 is 186. The predicted molar refractivity (Wildman–Crippen MR) is 49.9 cm³/mol. The summed E-state index contributed by atoms with van der Waals surface area (Å²) in [5, 5.41) is 0. The van der Waals surface area contributed by atoms with Gasteiger partial charge in [0, 0.05) is 0 Å². The van der Waals surface area contributed by atoms with Crippen LogP contribution in [0.3, 0.4) is 0 Å². The zero-order chi connectivity index (χ0) is 21.4. The first kappa shape index (κ1) is 22.3. The van der Waals surface area contributed by atoms with Crippen molar-refractivity contribution >= 4 is 5.97 Å². The van der Waals surface area contributed by atoms with Crippen molar-refractivity contribution < 1.29 is 71.0 Å². The molecule has 1 rings (SSSR count). The lowest BCUT2D eigenvalue weighted by Gasteiger charge is -2.53. The molecule has 0 aromatic rings. The van der Waals surface area contributed by atoms with Gasteiger partial charge in [0.05, 0.1) is 0 Å². The van der Waals surface area contributed by atoms with Crippen LogP contribution in [0.25, 0.3) is 0 Å². The smallest absolute Gasteiger partial charge is 0.393 e. The van der Waals surface area contributed by atoms with Crippen molar-refractivity contribution in [3.63, 3.8) is 0 Å². The fourth-order valence-corrected chi connectivity index (χ4v) is 1.83. The third kappa shape index (κ3) is 2.03. The van der Waals surface area contributed by atoms with E-state index in [-0.39, 0.29) is 0 Å². The van der Waals surface area contributed by atoms with Crippen LogP contribution in [0.15, 0.2) is 12.4 Å². The number of carbonyl (C=O) groups excluding carboxylic acids is 1. The Labute approximate surface area is 132 Å². The quantitative estimate of drug-likeness (QED) is 0.382. The Balaban J connectivity index is 3.86. The summed E-state index contributed by atoms with van der Waals surface area (Å²) >= 11 is 0. The summed E-state index contributed by atoms with van der Waals surface area (Å²) in [6.07, 6.45) is -7.35. The molecule has 0 saturated heterocycles. The molecule has 1 aliphatic carbocycles. The highest BCUT2D eigenvalue weighted by atomic mass is 19.4. The zero-order valence-corrected chi connectivity index (χ0v) is 11.3. The molecule has 0 unspecified atom stereocenters. The number of carbonyl (C=O) groups is 1. The SMILES string of the molecule is C=C(F)C(=O)OC(F)(F)C1(F)C(F)(F)C(F)(F)C(F)(F)C(F)(F)C1(F)F. The molecule has 1 aliphatic rings. The average Bonchev–Trinajstić information content (AvgIpc) is 2.43. The van der Waals surface area contributed by atoms with E-state index in [1.165, 1.54) is 0 Å². The van der Waals surface area contributed by atoms with E-state index in [1.54, 1.807) is 0 Å². The number of alkyl halides is 13. The Morgan fingerprint density at radius 1 is 0.692 bits per heavy atom. The molecule has 0 amide bonds. The number of halogens is 14. The van der Waals surface area contributed by atoms with Gasteiger partial charge in [0.15, 0.2) is 0 Å². The highest BCUT2D eigenvalue weighted by molar-refractivity contribution is 5.85. The van der Waals surface area contributed by atoms with Crippen LogP contribution in [0, 0.1) is 0 Å². The lowest BCUT2D eigenvalue weighted by molar-refractivity contribution is -0.521. The standard InChI is InChI=1S/C10H2F14O2/c1-2(11)3(25)26-10(23,24)4(12)5(13,14)7(17,18)9(21,22)8(19,20)6(4,15)16/h1H2. The predicted octanol–water partition coefficient (Wildman–Crippen LogP) is 4.50. The second-order valence-electron chi connectivity index (χ2n) is 4.84. The summed E-state index contributed by atoms with van der Waals surface area (Å²) in [5.41, 5.74) is -7.92. The van der Waals surface area contributed by atoms with Gasteiger partial charge >= 0.3 is 47.4 Å². The molecule has 0 bridgehead atoms. The fourth-order valence-electron chi connectivity index (χ4n) is 1.83. The van der Waals surface area contributed by atoms with E-state index in [2.05, 4.69) is 4.74 Å². The van der Waals surface area contributed by atoms with Crippen molar-refractivity contribution in [2.24, 2.45) is 0 Å². The van der Waals surface area contributed by atoms with Crippen LogP contribution < -0.4 is 0 Å². The molecular formula is C10H2F14O2. The number of rotatable bonds is 3. The van der Waals surface area contributed by atoms with Gasteiger partial charge in [0.1, 0.15) is 0 Å². The van der Waals surface area contributed by atoms with Gasteiger partial charge in [0.25, 0.3) is 0 Å². The third-order valence-corrected chi connectivity index (χ3v) is 3.29. The van der Waals surface area contributed by atoms with Crippen molar-refractivity contribution in [2.45, 2.75) is 41.4 Å². The minimum Gasteiger partial charge on any atom is -0.393 e. The molecule has 0 aromatic carbocycles. The van der Waals surface area contributed by atoms with E-state index < -0.39 is 53.2 Å². The van der Waals surface area contributed by atoms with E-state index in [1.807, 2.05) is 6.58 Å². The molecule has 0 atom stereocenters. The van der Waals surface area contributed by atoms with Gasteiger partial charge in [-0.3, -0.25) is 0 Å². The van der Waals surface area contributed by atoms with Gasteiger partial charge < -0.3 is 4.74 Å². The van der Waals surface area contributed by atoms with Gasteiger partial charge in [-0.05, 0) is 0 Å². The monoisotopic (exact) mass is 420 g/mol. The summed E-state index contributed by atoms with van der Waals surface area (Å²) in [4.78, 5) is 10.5. The van der Waals surface area contributed by atoms with Crippen LogP contribution in [0.4, 0.5) is 61.5 Å². The minimum absolute atomic E-state index is 1.87. The first-order valence-electron chi connectivity index (χ1n) is 5.61. The molecule has 152 valence electrons. The van der Waals surface area contributed by atoms with E-state index >= 15 is 0 Å². The molecule has 0 aromatic heterocycles. The molecule has 16 heteroatoms. The molecule has 0 spiro atoms. The lowest BCUT2D eigenvalue weighted by atomic mass is 9.71. The normalized spacial score (nSPS) is 27.5. The summed E-state index contributed by atoms with van der Waals surface area (Å²) in [7, 11) is 0. The molecule has 0 aliphatic heterocycles. The van der Waals surface area contributed by atoms with Crippen molar-refractivity contribution in [2.75, 3.05) is 0 Å². The Morgan fingerprint density at radius 3 is 1.23 bits per heavy atom. The van der Waals surface area contributed by atoms with Crippen LogP contribution in [0.2, 0.25) is 0 Å². The molecule has 26 heavy (non-hydrogen) atoms. The molecule has 0 radical (unpaired) electrons. The minimum atomic E-state index is -7.95. The van der Waals surface area contributed by atoms with Crippen LogP contribution in [0.1, 0.15) is 0 Å². The first-order valence-corrected chi connectivity index (χ1v) is 5.61. The Kier molecular flexibility index (Phi) is 4.41. The summed E-state index contributed by atoms with van der Waals surface area (Å²) in [6, 6.07) is 0. The molecule has 1 fully saturated rings. The Hall–Kier alpha value is -1.77. The number of esters is 1. The van der Waals surface area contributed by atoms with E-state index in [0.29, 0.717) is 0 Å². The maximum absolute atomic E-state index is 13.9. The average molecular weight is 420 g/mol. The van der Waals surface area contributed by atoms with Gasteiger partial charge in [-0.25, -0.2) is 9.18 Å². The highest BCUT2D eigenvalue weighted by Crippen LogP contribution is 2.72. The van der Waals surface area contributed by atoms with Crippen molar-refractivity contribution in [1.29, 1.82) is 0 Å². The van der Waals surface area contributed by atoms with Crippen LogP contribution in [-0.4, -0.2) is 47.4 Å². The second-order valence-corrected chi connectivity index (χ2v) is 4.84. The topological polar surface area (TPSA) is 26.3 Å².